The van der Waals surface area contributed by atoms with Crippen molar-refractivity contribution in [3.63, 3.8) is 0 Å². The quantitative estimate of drug-likeness (QED) is 0.172. The fourth-order valence-electron chi connectivity index (χ4n) is 7.27. The van der Waals surface area contributed by atoms with Crippen LogP contribution >= 0.6 is 0 Å². The molecule has 1 aliphatic rings. The predicted molar refractivity (Wildman–Crippen MR) is 205 cm³/mol. The lowest BCUT2D eigenvalue weighted by Crippen LogP contribution is -2.18. The van der Waals surface area contributed by atoms with Gasteiger partial charge >= 0.3 is 0 Å². The minimum absolute atomic E-state index is 0.183. The Labute approximate surface area is 298 Å². The zero-order chi connectivity index (χ0) is 36.2. The molecular weight excluding hydrogens is 633 g/mol. The second kappa shape index (κ2) is 12.6. The summed E-state index contributed by atoms with van der Waals surface area (Å²) in [6.07, 6.45) is 0.710. The number of pyridine rings is 1. The average molecular weight is 675 g/mol. The monoisotopic (exact) mass is 674 g/mol. The Kier molecular flexibility index (Phi) is 8.37. The molecule has 0 saturated carbocycles. The first-order valence-electron chi connectivity index (χ1n) is 17.5. The SMILES string of the molecule is CC(C)(C)c1cc(CCC(=O)Nc2cccc3ccc(C4C(=O)c5cc6ccccc6c(-c6ccccc6)c5C4=O)nc23)cc(C(C)(C)C)c1O. The Morgan fingerprint density at radius 1 is 0.725 bits per heavy atom. The highest BCUT2D eigenvalue weighted by molar-refractivity contribution is 6.34. The van der Waals surface area contributed by atoms with Crippen LogP contribution in [0.1, 0.15) is 97.0 Å². The molecule has 6 aromatic rings. The molecule has 0 spiro atoms. The van der Waals surface area contributed by atoms with Crippen molar-refractivity contribution in [2.24, 2.45) is 0 Å². The van der Waals surface area contributed by atoms with E-state index in [2.05, 4.69) is 46.9 Å². The Hall–Kier alpha value is -5.62. The number of carbonyl (C=O) groups excluding carboxylic acids is 3. The van der Waals surface area contributed by atoms with Gasteiger partial charge in [-0.15, -0.1) is 0 Å². The summed E-state index contributed by atoms with van der Waals surface area (Å²) >= 11 is 0. The zero-order valence-electron chi connectivity index (χ0n) is 29.9. The summed E-state index contributed by atoms with van der Waals surface area (Å²) in [6, 6.07) is 32.5. The van der Waals surface area contributed by atoms with Gasteiger partial charge in [0.25, 0.3) is 0 Å². The third kappa shape index (κ3) is 6.20. The number of hydrogen-bond acceptors (Lipinski definition) is 5. The highest BCUT2D eigenvalue weighted by Gasteiger charge is 2.43. The summed E-state index contributed by atoms with van der Waals surface area (Å²) in [5.74, 6) is -1.50. The second-order valence-corrected chi connectivity index (χ2v) is 15.6. The van der Waals surface area contributed by atoms with Crippen molar-refractivity contribution in [3.8, 4) is 16.9 Å². The molecule has 51 heavy (non-hydrogen) atoms. The van der Waals surface area contributed by atoms with E-state index in [4.69, 9.17) is 4.98 Å². The third-order valence-electron chi connectivity index (χ3n) is 9.89. The molecule has 2 N–H and O–H groups in total. The molecule has 256 valence electrons. The number of rotatable bonds is 6. The highest BCUT2D eigenvalue weighted by atomic mass is 16.3. The number of hydrogen-bond donors (Lipinski definition) is 2. The minimum atomic E-state index is -1.09. The Morgan fingerprint density at radius 3 is 2.06 bits per heavy atom. The van der Waals surface area contributed by atoms with Gasteiger partial charge in [0.2, 0.25) is 5.91 Å². The number of nitrogens with one attached hydrogen (secondary N) is 1. The number of phenolic OH excluding ortho intramolecular Hbond substituents is 1. The first-order chi connectivity index (χ1) is 24.2. The van der Waals surface area contributed by atoms with Crippen molar-refractivity contribution >= 4 is 44.8 Å². The second-order valence-electron chi connectivity index (χ2n) is 15.6. The number of aromatic hydroxyl groups is 1. The number of Topliss-reactive ketones (excluding diaryl/α,β-unsaturated/α-hetero) is 2. The van der Waals surface area contributed by atoms with Crippen LogP contribution < -0.4 is 5.32 Å². The minimum Gasteiger partial charge on any atom is -0.507 e. The van der Waals surface area contributed by atoms with Crippen LogP contribution in [0.3, 0.4) is 0 Å². The zero-order valence-corrected chi connectivity index (χ0v) is 29.9. The summed E-state index contributed by atoms with van der Waals surface area (Å²) in [7, 11) is 0. The molecule has 7 rings (SSSR count). The summed E-state index contributed by atoms with van der Waals surface area (Å²) in [6.45, 7) is 12.4. The van der Waals surface area contributed by atoms with Gasteiger partial charge in [0, 0.05) is 28.5 Å². The van der Waals surface area contributed by atoms with Crippen LogP contribution in [-0.2, 0) is 22.0 Å². The van der Waals surface area contributed by atoms with Crippen LogP contribution in [0.15, 0.2) is 103 Å². The van der Waals surface area contributed by atoms with Crippen LogP contribution in [-0.4, -0.2) is 27.6 Å². The molecule has 1 heterocycles. The van der Waals surface area contributed by atoms with E-state index in [9.17, 15) is 19.5 Å². The molecule has 0 fully saturated rings. The van der Waals surface area contributed by atoms with Gasteiger partial charge in [-0.2, -0.15) is 0 Å². The Morgan fingerprint density at radius 2 is 1.37 bits per heavy atom. The first-order valence-corrected chi connectivity index (χ1v) is 17.5. The molecule has 6 nitrogen and oxygen atoms in total. The van der Waals surface area contributed by atoms with Gasteiger partial charge in [-0.1, -0.05) is 126 Å². The van der Waals surface area contributed by atoms with E-state index < -0.39 is 5.92 Å². The standard InChI is InChI=1S/C45H42N2O4/c1-44(2,3)32-23-26(24-33(42(32)50)45(4,5)6)19-22-36(48)46-35-18-12-16-28-20-21-34(47-40(28)35)39-41(49)31-25-29-15-10-11-17-30(29)37(38(31)43(39)51)27-13-8-7-9-14-27/h7-18,20-21,23-25,39,50H,19,22H2,1-6H3,(H,46,48). The number of benzene rings is 5. The third-order valence-corrected chi connectivity index (χ3v) is 9.89. The van der Waals surface area contributed by atoms with Crippen LogP contribution in [0.5, 0.6) is 5.75 Å². The van der Waals surface area contributed by atoms with E-state index in [1.54, 1.807) is 12.1 Å². The van der Waals surface area contributed by atoms with Crippen LogP contribution in [0, 0.1) is 0 Å². The van der Waals surface area contributed by atoms with E-state index in [0.717, 1.165) is 44.0 Å². The van der Waals surface area contributed by atoms with Crippen molar-refractivity contribution in [1.29, 1.82) is 0 Å². The van der Waals surface area contributed by atoms with Crippen molar-refractivity contribution < 1.29 is 19.5 Å². The van der Waals surface area contributed by atoms with Gasteiger partial charge in [0.05, 0.1) is 16.9 Å². The number of phenols is 1. The number of carbonyl (C=O) groups is 3. The van der Waals surface area contributed by atoms with E-state index in [1.807, 2.05) is 91.0 Å². The molecule has 0 saturated heterocycles. The van der Waals surface area contributed by atoms with Crippen molar-refractivity contribution in [1.82, 2.24) is 4.98 Å². The average Bonchev–Trinajstić information content (AvgIpc) is 3.34. The fourth-order valence-corrected chi connectivity index (χ4v) is 7.27. The topological polar surface area (TPSA) is 96.4 Å². The number of aromatic nitrogens is 1. The maximum absolute atomic E-state index is 14.3. The summed E-state index contributed by atoms with van der Waals surface area (Å²) in [5.41, 5.74) is 6.02. The van der Waals surface area contributed by atoms with Gasteiger partial charge in [-0.05, 0) is 68.5 Å². The molecule has 1 unspecified atom stereocenters. The molecule has 6 heteroatoms. The molecular formula is C45H42N2O4. The number of para-hydroxylation sites is 1. The lowest BCUT2D eigenvalue weighted by molar-refractivity contribution is -0.116. The van der Waals surface area contributed by atoms with Gasteiger partial charge in [-0.25, -0.2) is 4.98 Å². The molecule has 1 amide bonds. The molecule has 1 aromatic heterocycles. The summed E-state index contributed by atoms with van der Waals surface area (Å²) in [5, 5.41) is 16.8. The van der Waals surface area contributed by atoms with Gasteiger partial charge < -0.3 is 10.4 Å². The predicted octanol–water partition coefficient (Wildman–Crippen LogP) is 10.1. The molecule has 1 atom stereocenters. The van der Waals surface area contributed by atoms with Gasteiger partial charge in [0.1, 0.15) is 11.7 Å². The Balaban J connectivity index is 1.20. The van der Waals surface area contributed by atoms with E-state index in [1.165, 1.54) is 0 Å². The number of ketones is 2. The summed E-state index contributed by atoms with van der Waals surface area (Å²) < 4.78 is 0. The van der Waals surface area contributed by atoms with E-state index >= 15 is 0 Å². The van der Waals surface area contributed by atoms with Crippen LogP contribution in [0.4, 0.5) is 5.69 Å². The normalized spacial score (nSPS) is 14.7. The van der Waals surface area contributed by atoms with E-state index in [-0.39, 0.29) is 34.7 Å². The number of anilines is 1. The lowest BCUT2D eigenvalue weighted by atomic mass is 9.78. The van der Waals surface area contributed by atoms with Gasteiger partial charge in [-0.3, -0.25) is 14.4 Å². The van der Waals surface area contributed by atoms with Crippen molar-refractivity contribution in [2.75, 3.05) is 5.32 Å². The smallest absolute Gasteiger partial charge is 0.224 e. The molecule has 0 radical (unpaired) electrons. The maximum atomic E-state index is 14.3. The molecule has 1 aliphatic carbocycles. The number of aryl methyl sites for hydroxylation is 1. The largest absolute Gasteiger partial charge is 0.507 e. The lowest BCUT2D eigenvalue weighted by Gasteiger charge is -2.28. The van der Waals surface area contributed by atoms with Crippen LogP contribution in [0.2, 0.25) is 0 Å². The van der Waals surface area contributed by atoms with Crippen molar-refractivity contribution in [2.45, 2.75) is 71.1 Å². The molecule has 0 aliphatic heterocycles. The molecule has 5 aromatic carbocycles. The fraction of sp³-hybridized carbons (Fsp3) is 0.244. The van der Waals surface area contributed by atoms with Crippen molar-refractivity contribution in [3.05, 3.63) is 137 Å². The van der Waals surface area contributed by atoms with Crippen LogP contribution in [0.25, 0.3) is 32.8 Å². The summed E-state index contributed by atoms with van der Waals surface area (Å²) in [4.78, 5) is 46.7. The number of nitrogens with zero attached hydrogens (tertiary/aromatic N) is 1. The first kappa shape index (κ1) is 33.9. The Bertz CT molecular complexity index is 2340. The maximum Gasteiger partial charge on any atom is 0.224 e. The van der Waals surface area contributed by atoms with Gasteiger partial charge in [0.15, 0.2) is 11.6 Å². The number of fused-ring (bicyclic) bond motifs is 3. The number of amides is 1. The van der Waals surface area contributed by atoms with E-state index in [0.29, 0.717) is 40.2 Å². The molecule has 0 bridgehead atoms. The highest BCUT2D eigenvalue weighted by Crippen LogP contribution is 2.44.